The summed E-state index contributed by atoms with van der Waals surface area (Å²) in [5.74, 6) is 1.17. The lowest BCUT2D eigenvalue weighted by Gasteiger charge is -2.34. The van der Waals surface area contributed by atoms with Crippen LogP contribution in [0.2, 0.25) is 0 Å². The van der Waals surface area contributed by atoms with E-state index in [9.17, 15) is 18.3 Å². The second kappa shape index (κ2) is 10.3. The molecular weight excluding hydrogens is 526 g/mol. The van der Waals surface area contributed by atoms with E-state index in [4.69, 9.17) is 4.98 Å². The quantitative estimate of drug-likeness (QED) is 0.340. The van der Waals surface area contributed by atoms with Crippen molar-refractivity contribution in [2.24, 2.45) is 5.41 Å². The third kappa shape index (κ3) is 6.78. The molecule has 218 valence electrons. The number of aliphatic hydroxyl groups excluding tert-OH is 1. The molecule has 1 saturated heterocycles. The van der Waals surface area contributed by atoms with Gasteiger partial charge in [0.05, 0.1) is 22.6 Å². The average molecular weight is 570 g/mol. The standard InChI is InChI=1S/C30H43N5O4S/c1-28(2,3)34-40(38,39)23-17-21(20-6-7-20)16-22(18-23)31-27(37)24-8-9-25(33-29(4,5)19-36)32-26(24)35-14-12-30(10-11-30)13-15-35/h8-9,16-18,20,34,36H,6-7,10-15,19H2,1-5H3,(H,31,37)(H,32,33). The summed E-state index contributed by atoms with van der Waals surface area (Å²) in [6.07, 6.45) is 6.74. The number of amides is 1. The Morgan fingerprint density at radius 2 is 1.73 bits per heavy atom. The van der Waals surface area contributed by atoms with Crippen LogP contribution < -0.4 is 20.3 Å². The Hall–Kier alpha value is -2.69. The summed E-state index contributed by atoms with van der Waals surface area (Å²) in [5.41, 5.74) is 1.08. The number of pyridine rings is 1. The number of aliphatic hydroxyl groups is 1. The number of sulfonamides is 1. The molecule has 40 heavy (non-hydrogen) atoms. The largest absolute Gasteiger partial charge is 0.394 e. The molecule has 5 rings (SSSR count). The van der Waals surface area contributed by atoms with E-state index in [1.54, 1.807) is 39.0 Å². The van der Waals surface area contributed by atoms with Gasteiger partial charge < -0.3 is 20.6 Å². The third-order valence-electron chi connectivity index (χ3n) is 8.05. The first-order valence-corrected chi connectivity index (χ1v) is 15.8. The summed E-state index contributed by atoms with van der Waals surface area (Å²) in [5, 5.41) is 16.0. The van der Waals surface area contributed by atoms with Crippen molar-refractivity contribution in [1.29, 1.82) is 0 Å². The molecule has 2 aliphatic carbocycles. The first-order valence-electron chi connectivity index (χ1n) is 14.3. The summed E-state index contributed by atoms with van der Waals surface area (Å²) in [6.45, 7) is 10.8. The van der Waals surface area contributed by atoms with E-state index in [-0.39, 0.29) is 17.4 Å². The van der Waals surface area contributed by atoms with Crippen molar-refractivity contribution in [3.63, 3.8) is 0 Å². The fourth-order valence-electron chi connectivity index (χ4n) is 5.35. The van der Waals surface area contributed by atoms with Gasteiger partial charge in [0, 0.05) is 24.3 Å². The molecule has 4 N–H and O–H groups in total. The monoisotopic (exact) mass is 569 g/mol. The summed E-state index contributed by atoms with van der Waals surface area (Å²) in [6, 6.07) is 8.65. The molecule has 2 aromatic rings. The van der Waals surface area contributed by atoms with Crippen molar-refractivity contribution < 1.29 is 18.3 Å². The first-order chi connectivity index (χ1) is 18.7. The number of aromatic nitrogens is 1. The zero-order valence-corrected chi connectivity index (χ0v) is 25.1. The number of anilines is 3. The number of benzene rings is 1. The second-order valence-corrected chi connectivity index (χ2v) is 15.3. The minimum Gasteiger partial charge on any atom is -0.394 e. The highest BCUT2D eigenvalue weighted by molar-refractivity contribution is 7.89. The average Bonchev–Trinajstić information content (AvgIpc) is 3.80. The number of piperidine rings is 1. The van der Waals surface area contributed by atoms with Gasteiger partial charge in [0.15, 0.2) is 0 Å². The van der Waals surface area contributed by atoms with Crippen LogP contribution in [0.1, 0.15) is 95.0 Å². The summed E-state index contributed by atoms with van der Waals surface area (Å²) in [4.78, 5) is 20.9. The van der Waals surface area contributed by atoms with Crippen molar-refractivity contribution in [1.82, 2.24) is 9.71 Å². The molecule has 1 spiro atoms. The van der Waals surface area contributed by atoms with Crippen molar-refractivity contribution in [3.05, 3.63) is 41.5 Å². The Bertz CT molecular complexity index is 1380. The number of nitrogens with zero attached hydrogens (tertiary/aromatic N) is 2. The number of carbonyl (C=O) groups is 1. The van der Waals surface area contributed by atoms with E-state index in [1.807, 2.05) is 19.9 Å². The molecule has 1 aromatic heterocycles. The Labute approximate surface area is 238 Å². The summed E-state index contributed by atoms with van der Waals surface area (Å²) >= 11 is 0. The van der Waals surface area contributed by atoms with Gasteiger partial charge in [0.1, 0.15) is 11.6 Å². The normalized spacial score (nSPS) is 19.0. The first kappa shape index (κ1) is 28.8. The Kier molecular flexibility index (Phi) is 7.42. The van der Waals surface area contributed by atoms with Crippen LogP contribution in [0.5, 0.6) is 0 Å². The van der Waals surface area contributed by atoms with Crippen LogP contribution in [0, 0.1) is 5.41 Å². The molecule has 1 amide bonds. The summed E-state index contributed by atoms with van der Waals surface area (Å²) in [7, 11) is -3.78. The van der Waals surface area contributed by atoms with Crippen LogP contribution in [-0.4, -0.2) is 55.2 Å². The lowest BCUT2D eigenvalue weighted by molar-refractivity contribution is 0.102. The van der Waals surface area contributed by atoms with Gasteiger partial charge >= 0.3 is 0 Å². The van der Waals surface area contributed by atoms with Crippen LogP contribution in [0.15, 0.2) is 35.2 Å². The molecule has 2 heterocycles. The minimum absolute atomic E-state index is 0.0644. The molecule has 9 nitrogen and oxygen atoms in total. The SMILES string of the molecule is CC(C)(C)NS(=O)(=O)c1cc(NC(=O)c2ccc(NC(C)(C)CO)nc2N2CCC3(CC2)CC3)cc(C2CC2)c1. The van der Waals surface area contributed by atoms with Crippen molar-refractivity contribution in [3.8, 4) is 0 Å². The molecule has 3 fully saturated rings. The smallest absolute Gasteiger partial charge is 0.259 e. The lowest BCUT2D eigenvalue weighted by Crippen LogP contribution is -2.40. The maximum atomic E-state index is 13.8. The van der Waals surface area contributed by atoms with Crippen LogP contribution in [0.4, 0.5) is 17.3 Å². The maximum Gasteiger partial charge on any atom is 0.259 e. The van der Waals surface area contributed by atoms with Gasteiger partial charge in [-0.05, 0) is 120 Å². The fraction of sp³-hybridized carbons (Fsp3) is 0.600. The molecule has 0 atom stereocenters. The van der Waals surface area contributed by atoms with Gasteiger partial charge in [0.2, 0.25) is 10.0 Å². The highest BCUT2D eigenvalue weighted by Crippen LogP contribution is 2.54. The Balaban J connectivity index is 1.45. The maximum absolute atomic E-state index is 13.8. The molecule has 0 radical (unpaired) electrons. The van der Waals surface area contributed by atoms with Gasteiger partial charge in [0.25, 0.3) is 5.91 Å². The van der Waals surface area contributed by atoms with E-state index >= 15 is 0 Å². The molecule has 10 heteroatoms. The molecule has 0 bridgehead atoms. The van der Waals surface area contributed by atoms with Crippen molar-refractivity contribution in [2.75, 3.05) is 35.2 Å². The number of rotatable bonds is 9. The highest BCUT2D eigenvalue weighted by atomic mass is 32.2. The summed E-state index contributed by atoms with van der Waals surface area (Å²) < 4.78 is 29.1. The Morgan fingerprint density at radius 3 is 2.30 bits per heavy atom. The van der Waals surface area contributed by atoms with Gasteiger partial charge in [-0.2, -0.15) is 0 Å². The fourth-order valence-corrected chi connectivity index (χ4v) is 6.85. The molecule has 3 aliphatic rings. The predicted molar refractivity (Wildman–Crippen MR) is 159 cm³/mol. The van der Waals surface area contributed by atoms with Crippen LogP contribution in [0.25, 0.3) is 0 Å². The van der Waals surface area contributed by atoms with Crippen molar-refractivity contribution >= 4 is 33.3 Å². The van der Waals surface area contributed by atoms with E-state index in [0.29, 0.717) is 34.2 Å². The van der Waals surface area contributed by atoms with Gasteiger partial charge in [-0.1, -0.05) is 0 Å². The second-order valence-electron chi connectivity index (χ2n) is 13.6. The van der Waals surface area contributed by atoms with E-state index in [0.717, 1.165) is 44.3 Å². The topological polar surface area (TPSA) is 124 Å². The zero-order chi connectivity index (χ0) is 28.9. The molecule has 1 aliphatic heterocycles. The lowest BCUT2D eigenvalue weighted by atomic mass is 9.93. The van der Waals surface area contributed by atoms with Crippen LogP contribution >= 0.6 is 0 Å². The molecule has 0 unspecified atom stereocenters. The Morgan fingerprint density at radius 1 is 1.05 bits per heavy atom. The van der Waals surface area contributed by atoms with Gasteiger partial charge in [-0.3, -0.25) is 4.79 Å². The molecule has 2 saturated carbocycles. The van der Waals surface area contributed by atoms with E-state index in [1.165, 1.54) is 18.9 Å². The highest BCUT2D eigenvalue weighted by Gasteiger charge is 2.45. The minimum atomic E-state index is -3.78. The van der Waals surface area contributed by atoms with Crippen LogP contribution in [-0.2, 0) is 10.0 Å². The number of hydrogen-bond acceptors (Lipinski definition) is 7. The number of carbonyl (C=O) groups excluding carboxylic acids is 1. The van der Waals surface area contributed by atoms with Crippen molar-refractivity contribution in [2.45, 2.75) is 95.0 Å². The zero-order valence-electron chi connectivity index (χ0n) is 24.3. The number of hydrogen-bond donors (Lipinski definition) is 4. The van der Waals surface area contributed by atoms with Gasteiger partial charge in [-0.15, -0.1) is 0 Å². The number of nitrogens with one attached hydrogen (secondary N) is 3. The van der Waals surface area contributed by atoms with E-state index < -0.39 is 21.1 Å². The predicted octanol–water partition coefficient (Wildman–Crippen LogP) is 4.85. The molecular formula is C30H43N5O4S. The molecule has 1 aromatic carbocycles. The van der Waals surface area contributed by atoms with Crippen LogP contribution in [0.3, 0.4) is 0 Å². The third-order valence-corrected chi connectivity index (χ3v) is 9.79. The van der Waals surface area contributed by atoms with E-state index in [2.05, 4.69) is 20.3 Å². The van der Waals surface area contributed by atoms with Gasteiger partial charge in [-0.25, -0.2) is 18.1 Å².